The van der Waals surface area contributed by atoms with E-state index in [0.29, 0.717) is 11.0 Å². The molecule has 0 saturated heterocycles. The van der Waals surface area contributed by atoms with Gasteiger partial charge in [0.15, 0.2) is 5.15 Å². The second kappa shape index (κ2) is 5.64. The largest absolute Gasteiger partial charge is 0.438 e. The minimum atomic E-state index is 0.357. The summed E-state index contributed by atoms with van der Waals surface area (Å²) in [7, 11) is 0. The molecule has 0 radical (unpaired) electrons. The highest BCUT2D eigenvalue weighted by Crippen LogP contribution is 2.20. The van der Waals surface area contributed by atoms with Crippen LogP contribution in [0.2, 0.25) is 5.15 Å². The van der Waals surface area contributed by atoms with Crippen molar-refractivity contribution < 1.29 is 4.74 Å². The summed E-state index contributed by atoms with van der Waals surface area (Å²) in [6, 6.07) is 11.3. The van der Waals surface area contributed by atoms with Gasteiger partial charge in [-0.15, -0.1) is 10.2 Å². The highest BCUT2D eigenvalue weighted by Gasteiger charge is 1.99. The number of hydrogen-bond acceptors (Lipinski definition) is 3. The summed E-state index contributed by atoms with van der Waals surface area (Å²) in [4.78, 5) is 0. The lowest BCUT2D eigenvalue weighted by Gasteiger charge is -2.04. The zero-order chi connectivity index (χ0) is 12.1. The molecule has 88 valence electrons. The van der Waals surface area contributed by atoms with Crippen LogP contribution in [0.3, 0.4) is 0 Å². The second-order valence-electron chi connectivity index (χ2n) is 3.69. The zero-order valence-corrected chi connectivity index (χ0v) is 10.3. The summed E-state index contributed by atoms with van der Waals surface area (Å²) in [6.07, 6.45) is 2.23. The molecule has 0 N–H and O–H groups in total. The summed E-state index contributed by atoms with van der Waals surface area (Å²) in [5.74, 6) is 1.19. The van der Waals surface area contributed by atoms with Crippen molar-refractivity contribution in [2.24, 2.45) is 0 Å². The van der Waals surface area contributed by atoms with E-state index in [1.807, 2.05) is 12.1 Å². The monoisotopic (exact) mass is 248 g/mol. The minimum absolute atomic E-state index is 0.357. The maximum atomic E-state index is 5.64. The first-order chi connectivity index (χ1) is 8.28. The van der Waals surface area contributed by atoms with Gasteiger partial charge in [-0.05, 0) is 30.2 Å². The van der Waals surface area contributed by atoms with E-state index in [1.54, 1.807) is 12.1 Å². The third kappa shape index (κ3) is 3.43. The molecular weight excluding hydrogens is 236 g/mol. The van der Waals surface area contributed by atoms with Gasteiger partial charge in [-0.3, -0.25) is 0 Å². The van der Waals surface area contributed by atoms with Crippen molar-refractivity contribution in [3.05, 3.63) is 47.1 Å². The maximum Gasteiger partial charge on any atom is 0.238 e. The Morgan fingerprint density at radius 1 is 1.06 bits per heavy atom. The van der Waals surface area contributed by atoms with E-state index in [4.69, 9.17) is 16.3 Å². The lowest BCUT2D eigenvalue weighted by atomic mass is 10.1. The first kappa shape index (κ1) is 11.9. The van der Waals surface area contributed by atoms with Gasteiger partial charge >= 0.3 is 0 Å². The van der Waals surface area contributed by atoms with Gasteiger partial charge in [0.1, 0.15) is 5.75 Å². The van der Waals surface area contributed by atoms with Gasteiger partial charge in [0.05, 0.1) is 0 Å². The van der Waals surface area contributed by atoms with Crippen LogP contribution in [0.4, 0.5) is 0 Å². The molecule has 0 aliphatic heterocycles. The number of benzene rings is 1. The Balaban J connectivity index is 2.05. The van der Waals surface area contributed by atoms with E-state index in [2.05, 4.69) is 29.3 Å². The molecule has 4 heteroatoms. The van der Waals surface area contributed by atoms with Gasteiger partial charge in [0, 0.05) is 6.07 Å². The van der Waals surface area contributed by atoms with Crippen molar-refractivity contribution in [3.8, 4) is 11.6 Å². The first-order valence-electron chi connectivity index (χ1n) is 5.54. The molecule has 0 aliphatic rings. The molecule has 0 atom stereocenters. The molecule has 1 aromatic heterocycles. The van der Waals surface area contributed by atoms with Crippen LogP contribution in [0.25, 0.3) is 0 Å². The second-order valence-corrected chi connectivity index (χ2v) is 4.08. The van der Waals surface area contributed by atoms with E-state index in [9.17, 15) is 0 Å². The Labute approximate surface area is 105 Å². The highest BCUT2D eigenvalue weighted by molar-refractivity contribution is 6.29. The molecule has 1 aromatic carbocycles. The lowest BCUT2D eigenvalue weighted by Crippen LogP contribution is -1.90. The van der Waals surface area contributed by atoms with Gasteiger partial charge < -0.3 is 4.74 Å². The number of hydrogen-bond donors (Lipinski definition) is 0. The smallest absolute Gasteiger partial charge is 0.238 e. The van der Waals surface area contributed by atoms with Crippen molar-refractivity contribution >= 4 is 11.6 Å². The summed E-state index contributed by atoms with van der Waals surface area (Å²) in [6.45, 7) is 2.16. The van der Waals surface area contributed by atoms with Crippen LogP contribution in [-0.4, -0.2) is 10.2 Å². The predicted octanol–water partition coefficient (Wildman–Crippen LogP) is 3.87. The van der Waals surface area contributed by atoms with Gasteiger partial charge in [0.2, 0.25) is 5.88 Å². The average molecular weight is 249 g/mol. The predicted molar refractivity (Wildman–Crippen MR) is 67.6 cm³/mol. The Hall–Kier alpha value is -1.61. The molecule has 0 bridgehead atoms. The van der Waals surface area contributed by atoms with Crippen molar-refractivity contribution in [1.29, 1.82) is 0 Å². The zero-order valence-electron chi connectivity index (χ0n) is 9.56. The van der Waals surface area contributed by atoms with Gasteiger partial charge in [-0.25, -0.2) is 0 Å². The summed E-state index contributed by atoms with van der Waals surface area (Å²) >= 11 is 5.64. The molecule has 2 rings (SSSR count). The fraction of sp³-hybridized carbons (Fsp3) is 0.231. The van der Waals surface area contributed by atoms with Gasteiger partial charge in [0.25, 0.3) is 0 Å². The van der Waals surface area contributed by atoms with E-state index >= 15 is 0 Å². The van der Waals surface area contributed by atoms with Crippen LogP contribution in [0, 0.1) is 0 Å². The standard InChI is InChI=1S/C13H13ClN2O/c1-2-3-10-4-6-11(7-5-10)17-13-9-8-12(14)15-16-13/h4-9H,2-3H2,1H3. The van der Waals surface area contributed by atoms with Crippen LogP contribution in [0.15, 0.2) is 36.4 Å². The first-order valence-corrected chi connectivity index (χ1v) is 5.92. The summed E-state index contributed by atoms with van der Waals surface area (Å²) in [5.41, 5.74) is 1.31. The fourth-order valence-corrected chi connectivity index (χ4v) is 1.59. The number of rotatable bonds is 4. The number of ether oxygens (including phenoxy) is 1. The quantitative estimate of drug-likeness (QED) is 0.824. The molecule has 2 aromatic rings. The van der Waals surface area contributed by atoms with E-state index < -0.39 is 0 Å². The average Bonchev–Trinajstić information content (AvgIpc) is 2.35. The van der Waals surface area contributed by atoms with Crippen LogP contribution >= 0.6 is 11.6 Å². The normalized spacial score (nSPS) is 10.2. The third-order valence-electron chi connectivity index (χ3n) is 2.29. The van der Waals surface area contributed by atoms with E-state index in [0.717, 1.165) is 18.6 Å². The Kier molecular flexibility index (Phi) is 3.94. The molecule has 0 amide bonds. The van der Waals surface area contributed by atoms with Crippen LogP contribution < -0.4 is 4.74 Å². The Morgan fingerprint density at radius 2 is 1.82 bits per heavy atom. The molecule has 0 fully saturated rings. The lowest BCUT2D eigenvalue weighted by molar-refractivity contribution is 0.455. The molecule has 0 saturated carbocycles. The van der Waals surface area contributed by atoms with E-state index in [-0.39, 0.29) is 0 Å². The summed E-state index contributed by atoms with van der Waals surface area (Å²) in [5, 5.41) is 7.90. The maximum absolute atomic E-state index is 5.64. The number of aryl methyl sites for hydroxylation is 1. The molecule has 1 heterocycles. The topological polar surface area (TPSA) is 35.0 Å². The van der Waals surface area contributed by atoms with Crippen molar-refractivity contribution in [1.82, 2.24) is 10.2 Å². The van der Waals surface area contributed by atoms with Crippen molar-refractivity contribution in [2.45, 2.75) is 19.8 Å². The number of halogens is 1. The van der Waals surface area contributed by atoms with Crippen molar-refractivity contribution in [2.75, 3.05) is 0 Å². The molecular formula is C13H13ClN2O. The van der Waals surface area contributed by atoms with Gasteiger partial charge in [-0.2, -0.15) is 0 Å². The molecule has 0 spiro atoms. The Bertz CT molecular complexity index is 468. The molecule has 0 aliphatic carbocycles. The van der Waals surface area contributed by atoms with Gasteiger partial charge in [-0.1, -0.05) is 37.1 Å². The van der Waals surface area contributed by atoms with Crippen molar-refractivity contribution in [3.63, 3.8) is 0 Å². The number of nitrogens with zero attached hydrogens (tertiary/aromatic N) is 2. The molecule has 17 heavy (non-hydrogen) atoms. The summed E-state index contributed by atoms with van der Waals surface area (Å²) < 4.78 is 5.53. The fourth-order valence-electron chi connectivity index (χ4n) is 1.49. The third-order valence-corrected chi connectivity index (χ3v) is 2.49. The van der Waals surface area contributed by atoms with Crippen LogP contribution in [-0.2, 0) is 6.42 Å². The Morgan fingerprint density at radius 3 is 2.41 bits per heavy atom. The highest BCUT2D eigenvalue weighted by atomic mass is 35.5. The SMILES string of the molecule is CCCc1ccc(Oc2ccc(Cl)nn2)cc1. The number of aromatic nitrogens is 2. The van der Waals surface area contributed by atoms with E-state index in [1.165, 1.54) is 5.56 Å². The van der Waals surface area contributed by atoms with Crippen LogP contribution in [0.1, 0.15) is 18.9 Å². The minimum Gasteiger partial charge on any atom is -0.438 e. The van der Waals surface area contributed by atoms with Crippen LogP contribution in [0.5, 0.6) is 11.6 Å². The molecule has 0 unspecified atom stereocenters. The molecule has 3 nitrogen and oxygen atoms in total.